The summed E-state index contributed by atoms with van der Waals surface area (Å²) >= 11 is 6.01. The maximum Gasteiger partial charge on any atom is 0.408 e. The van der Waals surface area contributed by atoms with Crippen molar-refractivity contribution in [3.8, 4) is 0 Å². The molecule has 6 heteroatoms. The van der Waals surface area contributed by atoms with Crippen LogP contribution < -0.4 is 5.32 Å². The number of carboxylic acid groups (broad SMARTS) is 1. The molecular formula is C14H18ClNO4. The third kappa shape index (κ3) is 3.87. The summed E-state index contributed by atoms with van der Waals surface area (Å²) < 4.78 is 5.09. The Balaban J connectivity index is 3.09. The molecule has 0 unspecified atom stereocenters. The summed E-state index contributed by atoms with van der Waals surface area (Å²) in [6.45, 7) is 6.45. The molecule has 110 valence electrons. The van der Waals surface area contributed by atoms with E-state index in [0.29, 0.717) is 5.56 Å². The summed E-state index contributed by atoms with van der Waals surface area (Å²) in [6.07, 6.45) is -0.817. The molecule has 0 heterocycles. The first-order valence-corrected chi connectivity index (χ1v) is 6.43. The van der Waals surface area contributed by atoms with Crippen molar-refractivity contribution in [1.29, 1.82) is 0 Å². The van der Waals surface area contributed by atoms with E-state index in [0.717, 1.165) is 0 Å². The fourth-order valence-electron chi connectivity index (χ4n) is 1.61. The fourth-order valence-corrected chi connectivity index (χ4v) is 1.94. The highest BCUT2D eigenvalue weighted by Crippen LogP contribution is 2.28. The Labute approximate surface area is 122 Å². The zero-order valence-electron chi connectivity index (χ0n) is 11.9. The lowest BCUT2D eigenvalue weighted by Gasteiger charge is -2.29. The van der Waals surface area contributed by atoms with Crippen molar-refractivity contribution in [2.24, 2.45) is 0 Å². The van der Waals surface area contributed by atoms with Crippen molar-refractivity contribution < 1.29 is 19.4 Å². The van der Waals surface area contributed by atoms with Crippen LogP contribution in [-0.2, 0) is 15.1 Å². The Bertz CT molecular complexity index is 524. The lowest BCUT2D eigenvalue weighted by molar-refractivity contribution is -0.144. The number of hydrogen-bond acceptors (Lipinski definition) is 3. The Kier molecular flexibility index (Phi) is 4.65. The van der Waals surface area contributed by atoms with Gasteiger partial charge in [0.05, 0.1) is 0 Å². The molecule has 0 aliphatic heterocycles. The first-order chi connectivity index (χ1) is 9.06. The Morgan fingerprint density at radius 2 is 1.75 bits per heavy atom. The summed E-state index contributed by atoms with van der Waals surface area (Å²) in [6, 6.07) is 6.45. The second kappa shape index (κ2) is 5.71. The fraction of sp³-hybridized carbons (Fsp3) is 0.429. The van der Waals surface area contributed by atoms with Gasteiger partial charge in [0.1, 0.15) is 5.60 Å². The first kappa shape index (κ1) is 16.3. The number of amides is 1. The molecule has 0 aliphatic rings. The van der Waals surface area contributed by atoms with Crippen LogP contribution in [0, 0.1) is 0 Å². The van der Waals surface area contributed by atoms with E-state index in [1.54, 1.807) is 45.0 Å². The summed E-state index contributed by atoms with van der Waals surface area (Å²) in [5.74, 6) is -1.23. The molecular weight excluding hydrogens is 282 g/mol. The van der Waals surface area contributed by atoms with Gasteiger partial charge in [-0.1, -0.05) is 29.8 Å². The lowest BCUT2D eigenvalue weighted by Crippen LogP contribution is -2.51. The summed E-state index contributed by atoms with van der Waals surface area (Å²) in [4.78, 5) is 23.4. The van der Waals surface area contributed by atoms with E-state index >= 15 is 0 Å². The molecule has 0 aromatic heterocycles. The highest BCUT2D eigenvalue weighted by atomic mass is 35.5. The first-order valence-electron chi connectivity index (χ1n) is 6.06. The van der Waals surface area contributed by atoms with Crippen LogP contribution in [0.2, 0.25) is 5.02 Å². The summed E-state index contributed by atoms with van der Waals surface area (Å²) in [5.41, 5.74) is -2.09. The second-order valence-electron chi connectivity index (χ2n) is 5.54. The van der Waals surface area contributed by atoms with E-state index in [4.69, 9.17) is 16.3 Å². The number of carbonyl (C=O) groups is 2. The number of ether oxygens (including phenoxy) is 1. The van der Waals surface area contributed by atoms with Crippen molar-refractivity contribution in [2.75, 3.05) is 0 Å². The summed E-state index contributed by atoms with van der Waals surface area (Å²) in [5, 5.41) is 12.0. The molecule has 0 bridgehead atoms. The normalized spacial score (nSPS) is 14.2. The summed E-state index contributed by atoms with van der Waals surface area (Å²) in [7, 11) is 0. The van der Waals surface area contributed by atoms with Crippen molar-refractivity contribution in [1.82, 2.24) is 5.32 Å². The van der Waals surface area contributed by atoms with E-state index in [-0.39, 0.29) is 5.02 Å². The maximum atomic E-state index is 11.8. The minimum Gasteiger partial charge on any atom is -0.479 e. The number of rotatable bonds is 3. The number of alkyl carbamates (subject to hydrolysis) is 1. The molecule has 0 radical (unpaired) electrons. The highest BCUT2D eigenvalue weighted by molar-refractivity contribution is 6.31. The van der Waals surface area contributed by atoms with Crippen molar-refractivity contribution >= 4 is 23.7 Å². The maximum absolute atomic E-state index is 11.8. The van der Waals surface area contributed by atoms with E-state index in [1.165, 1.54) is 6.92 Å². The third-order valence-corrected chi connectivity index (χ3v) is 2.92. The quantitative estimate of drug-likeness (QED) is 0.899. The monoisotopic (exact) mass is 299 g/mol. The lowest BCUT2D eigenvalue weighted by atomic mass is 9.92. The smallest absolute Gasteiger partial charge is 0.408 e. The SMILES string of the molecule is CC(C)(C)OC(=O)N[C@](C)(C(=O)O)c1ccccc1Cl. The molecule has 1 aromatic rings. The van der Waals surface area contributed by atoms with Gasteiger partial charge in [-0.05, 0) is 33.8 Å². The highest BCUT2D eigenvalue weighted by Gasteiger charge is 2.39. The number of carboxylic acids is 1. The van der Waals surface area contributed by atoms with Gasteiger partial charge >= 0.3 is 12.1 Å². The number of carbonyl (C=O) groups excluding carboxylic acids is 1. The van der Waals surface area contributed by atoms with Gasteiger partial charge < -0.3 is 15.2 Å². The Morgan fingerprint density at radius 3 is 2.20 bits per heavy atom. The molecule has 1 amide bonds. The van der Waals surface area contributed by atoms with Gasteiger partial charge in [0.25, 0.3) is 0 Å². The van der Waals surface area contributed by atoms with Crippen LogP contribution in [0.25, 0.3) is 0 Å². The molecule has 0 spiro atoms. The van der Waals surface area contributed by atoms with Crippen LogP contribution in [0.3, 0.4) is 0 Å². The molecule has 1 rings (SSSR count). The van der Waals surface area contributed by atoms with Crippen molar-refractivity contribution in [3.05, 3.63) is 34.9 Å². The standard InChI is InChI=1S/C14H18ClNO4/c1-13(2,3)20-12(19)16-14(4,11(17)18)9-7-5-6-8-10(9)15/h5-8H,1-4H3,(H,16,19)(H,17,18)/t14-/m0/s1. The van der Waals surface area contributed by atoms with E-state index in [2.05, 4.69) is 5.32 Å². The molecule has 1 atom stereocenters. The van der Waals surface area contributed by atoms with E-state index in [1.807, 2.05) is 0 Å². The molecule has 0 saturated heterocycles. The largest absolute Gasteiger partial charge is 0.479 e. The predicted octanol–water partition coefficient (Wildman–Crippen LogP) is 3.16. The van der Waals surface area contributed by atoms with Crippen LogP contribution in [0.1, 0.15) is 33.3 Å². The van der Waals surface area contributed by atoms with Crippen molar-refractivity contribution in [3.63, 3.8) is 0 Å². The van der Waals surface area contributed by atoms with Crippen LogP contribution in [0.4, 0.5) is 4.79 Å². The van der Waals surface area contributed by atoms with Crippen LogP contribution in [0.5, 0.6) is 0 Å². The van der Waals surface area contributed by atoms with Gasteiger partial charge in [0, 0.05) is 10.6 Å². The van der Waals surface area contributed by atoms with Gasteiger partial charge in [-0.3, -0.25) is 0 Å². The minimum absolute atomic E-state index is 0.258. The molecule has 5 nitrogen and oxygen atoms in total. The number of hydrogen-bond donors (Lipinski definition) is 2. The topological polar surface area (TPSA) is 75.6 Å². The number of benzene rings is 1. The van der Waals surface area contributed by atoms with Gasteiger partial charge in [-0.2, -0.15) is 0 Å². The second-order valence-corrected chi connectivity index (χ2v) is 5.94. The average molecular weight is 300 g/mol. The number of nitrogens with one attached hydrogen (secondary N) is 1. The van der Waals surface area contributed by atoms with Gasteiger partial charge in [0.15, 0.2) is 5.54 Å². The molecule has 0 saturated carbocycles. The van der Waals surface area contributed by atoms with Gasteiger partial charge in [0.2, 0.25) is 0 Å². The molecule has 1 aromatic carbocycles. The number of halogens is 1. The van der Waals surface area contributed by atoms with Gasteiger partial charge in [-0.25, -0.2) is 9.59 Å². The van der Waals surface area contributed by atoms with Crippen LogP contribution in [0.15, 0.2) is 24.3 Å². The van der Waals surface area contributed by atoms with E-state index in [9.17, 15) is 14.7 Å². The van der Waals surface area contributed by atoms with Gasteiger partial charge in [-0.15, -0.1) is 0 Å². The Morgan fingerprint density at radius 1 is 1.20 bits per heavy atom. The predicted molar refractivity (Wildman–Crippen MR) is 75.8 cm³/mol. The Hall–Kier alpha value is -1.75. The molecule has 0 fully saturated rings. The molecule has 2 N–H and O–H groups in total. The van der Waals surface area contributed by atoms with Crippen LogP contribution >= 0.6 is 11.6 Å². The zero-order chi connectivity index (χ0) is 15.6. The minimum atomic E-state index is -1.67. The average Bonchev–Trinajstić information content (AvgIpc) is 2.26. The van der Waals surface area contributed by atoms with Crippen molar-refractivity contribution in [2.45, 2.75) is 38.8 Å². The van der Waals surface area contributed by atoms with Crippen LogP contribution in [-0.4, -0.2) is 22.8 Å². The molecule has 20 heavy (non-hydrogen) atoms. The zero-order valence-corrected chi connectivity index (χ0v) is 12.6. The number of aliphatic carboxylic acids is 1. The third-order valence-electron chi connectivity index (χ3n) is 2.59. The van der Waals surface area contributed by atoms with E-state index < -0.39 is 23.2 Å². The molecule has 0 aliphatic carbocycles.